The van der Waals surface area contributed by atoms with E-state index in [0.717, 1.165) is 28.2 Å². The van der Waals surface area contributed by atoms with Gasteiger partial charge in [-0.3, -0.25) is 4.57 Å². The second-order valence-corrected chi connectivity index (χ2v) is 7.59. The van der Waals surface area contributed by atoms with E-state index in [9.17, 15) is 4.79 Å². The summed E-state index contributed by atoms with van der Waals surface area (Å²) >= 11 is 6.05. The van der Waals surface area contributed by atoms with Gasteiger partial charge in [0.2, 0.25) is 5.88 Å². The molecule has 0 saturated heterocycles. The van der Waals surface area contributed by atoms with Crippen molar-refractivity contribution in [3.05, 3.63) is 106 Å². The van der Waals surface area contributed by atoms with Crippen LogP contribution in [0, 0.1) is 6.92 Å². The fraction of sp³-hybridized carbons (Fsp3) is 0.167. The number of benzene rings is 2. The molecule has 0 spiro atoms. The molecule has 4 rings (SSSR count). The van der Waals surface area contributed by atoms with E-state index in [-0.39, 0.29) is 5.69 Å². The van der Waals surface area contributed by atoms with Gasteiger partial charge in [-0.15, -0.1) is 0 Å². The molecule has 0 unspecified atom stereocenters. The van der Waals surface area contributed by atoms with Crippen molar-refractivity contribution in [1.82, 2.24) is 19.5 Å². The first-order valence-electron chi connectivity index (χ1n) is 10.0. The van der Waals surface area contributed by atoms with Gasteiger partial charge in [0.15, 0.2) is 0 Å². The van der Waals surface area contributed by atoms with Gasteiger partial charge in [0.1, 0.15) is 17.8 Å². The van der Waals surface area contributed by atoms with Crippen molar-refractivity contribution < 1.29 is 9.47 Å². The van der Waals surface area contributed by atoms with Crippen LogP contribution in [0.15, 0.2) is 78.2 Å². The van der Waals surface area contributed by atoms with Crippen LogP contribution < -0.4 is 15.2 Å². The van der Waals surface area contributed by atoms with Crippen LogP contribution in [0.25, 0.3) is 0 Å². The summed E-state index contributed by atoms with van der Waals surface area (Å²) < 4.78 is 13.0. The topological polar surface area (TPSA) is 79.1 Å². The molecule has 0 fully saturated rings. The number of rotatable bonds is 8. The molecule has 0 bridgehead atoms. The van der Waals surface area contributed by atoms with E-state index >= 15 is 0 Å². The Bertz CT molecular complexity index is 1240. The Morgan fingerprint density at radius 2 is 1.72 bits per heavy atom. The molecule has 2 aromatic heterocycles. The summed E-state index contributed by atoms with van der Waals surface area (Å²) in [6, 6.07) is 15.0. The predicted octanol–water partition coefficient (Wildman–Crippen LogP) is 4.46. The van der Waals surface area contributed by atoms with Gasteiger partial charge in [0.05, 0.1) is 13.2 Å². The molecule has 0 amide bonds. The number of hydrogen-bond acceptors (Lipinski definition) is 6. The average molecular weight is 449 g/mol. The third-order valence-electron chi connectivity index (χ3n) is 4.74. The number of hydrogen-bond donors (Lipinski definition) is 0. The van der Waals surface area contributed by atoms with Crippen molar-refractivity contribution in [2.45, 2.75) is 19.9 Å². The Morgan fingerprint density at radius 3 is 2.44 bits per heavy atom. The first-order chi connectivity index (χ1) is 15.6. The maximum atomic E-state index is 12.2. The number of aryl methyl sites for hydroxylation is 1. The standard InChI is InChI=1S/C24H21ClN4O3/c1-17-12-21(6-7-22(17)25)32-20-4-2-18(3-5-20)9-11-31-23-8-10-29(24(30)28-23)15-19-13-26-16-27-14-19/h2-8,10,12-14,16H,9,11,15H2,1H3. The van der Waals surface area contributed by atoms with Crippen LogP contribution in [0.4, 0.5) is 0 Å². The molecule has 32 heavy (non-hydrogen) atoms. The minimum atomic E-state index is -0.384. The van der Waals surface area contributed by atoms with E-state index in [1.54, 1.807) is 24.7 Å². The van der Waals surface area contributed by atoms with Crippen molar-refractivity contribution in [2.75, 3.05) is 6.61 Å². The first kappa shape index (κ1) is 21.5. The summed E-state index contributed by atoms with van der Waals surface area (Å²) in [6.45, 7) is 2.70. The van der Waals surface area contributed by atoms with Crippen LogP contribution >= 0.6 is 11.6 Å². The van der Waals surface area contributed by atoms with Gasteiger partial charge in [0.25, 0.3) is 0 Å². The minimum Gasteiger partial charge on any atom is -0.477 e. The van der Waals surface area contributed by atoms with E-state index in [1.165, 1.54) is 10.9 Å². The summed E-state index contributed by atoms with van der Waals surface area (Å²) in [5, 5.41) is 0.713. The van der Waals surface area contributed by atoms with Crippen molar-refractivity contribution in [3.63, 3.8) is 0 Å². The summed E-state index contributed by atoms with van der Waals surface area (Å²) in [5.41, 5.74) is 2.49. The molecule has 0 radical (unpaired) electrons. The molecule has 2 aromatic carbocycles. The molecule has 8 heteroatoms. The molecule has 2 heterocycles. The van der Waals surface area contributed by atoms with Gasteiger partial charge in [0, 0.05) is 41.7 Å². The van der Waals surface area contributed by atoms with Gasteiger partial charge >= 0.3 is 5.69 Å². The Balaban J connectivity index is 1.29. The highest BCUT2D eigenvalue weighted by molar-refractivity contribution is 6.31. The summed E-state index contributed by atoms with van der Waals surface area (Å²) in [7, 11) is 0. The largest absolute Gasteiger partial charge is 0.477 e. The molecule has 7 nitrogen and oxygen atoms in total. The normalized spacial score (nSPS) is 10.7. The predicted molar refractivity (Wildman–Crippen MR) is 122 cm³/mol. The molecule has 0 atom stereocenters. The van der Waals surface area contributed by atoms with Crippen LogP contribution in [0.3, 0.4) is 0 Å². The monoisotopic (exact) mass is 448 g/mol. The van der Waals surface area contributed by atoms with Crippen molar-refractivity contribution in [2.24, 2.45) is 0 Å². The smallest absolute Gasteiger partial charge is 0.351 e. The van der Waals surface area contributed by atoms with E-state index in [1.807, 2.05) is 49.4 Å². The molecule has 162 valence electrons. The zero-order chi connectivity index (χ0) is 22.3. The van der Waals surface area contributed by atoms with Gasteiger partial charge in [-0.25, -0.2) is 14.8 Å². The summed E-state index contributed by atoms with van der Waals surface area (Å²) in [6.07, 6.45) is 7.10. The van der Waals surface area contributed by atoms with Crippen LogP contribution in [-0.2, 0) is 13.0 Å². The third-order valence-corrected chi connectivity index (χ3v) is 5.17. The maximum absolute atomic E-state index is 12.2. The quantitative estimate of drug-likeness (QED) is 0.396. The molecular weight excluding hydrogens is 428 g/mol. The number of halogens is 1. The molecule has 0 aliphatic rings. The molecule has 0 saturated carbocycles. The highest BCUT2D eigenvalue weighted by Crippen LogP contribution is 2.26. The van der Waals surface area contributed by atoms with Gasteiger partial charge in [-0.2, -0.15) is 4.98 Å². The number of ether oxygens (including phenoxy) is 2. The molecule has 0 N–H and O–H groups in total. The third kappa shape index (κ3) is 5.70. The average Bonchev–Trinajstić information content (AvgIpc) is 2.80. The Labute approximate surface area is 190 Å². The lowest BCUT2D eigenvalue weighted by Gasteiger charge is -2.09. The lowest BCUT2D eigenvalue weighted by atomic mass is 10.1. The van der Waals surface area contributed by atoms with Crippen LogP contribution in [-0.4, -0.2) is 26.1 Å². The highest BCUT2D eigenvalue weighted by atomic mass is 35.5. The lowest BCUT2D eigenvalue weighted by molar-refractivity contribution is 0.306. The first-order valence-corrected chi connectivity index (χ1v) is 10.4. The molecule has 0 aliphatic heterocycles. The van der Waals surface area contributed by atoms with E-state index in [2.05, 4.69) is 15.0 Å². The van der Waals surface area contributed by atoms with E-state index in [4.69, 9.17) is 21.1 Å². The fourth-order valence-corrected chi connectivity index (χ4v) is 3.15. The van der Waals surface area contributed by atoms with Crippen LogP contribution in [0.2, 0.25) is 5.02 Å². The zero-order valence-electron chi connectivity index (χ0n) is 17.4. The number of aromatic nitrogens is 4. The Morgan fingerprint density at radius 1 is 0.969 bits per heavy atom. The number of nitrogens with zero attached hydrogens (tertiary/aromatic N) is 4. The SMILES string of the molecule is Cc1cc(Oc2ccc(CCOc3ccn(Cc4cncnc4)c(=O)n3)cc2)ccc1Cl. The fourth-order valence-electron chi connectivity index (χ4n) is 3.04. The second kappa shape index (κ2) is 10.1. The van der Waals surface area contributed by atoms with E-state index in [0.29, 0.717) is 30.5 Å². The minimum absolute atomic E-state index is 0.300. The van der Waals surface area contributed by atoms with Crippen molar-refractivity contribution >= 4 is 11.6 Å². The molecule has 0 aliphatic carbocycles. The van der Waals surface area contributed by atoms with Crippen LogP contribution in [0.5, 0.6) is 17.4 Å². The molecular formula is C24H21ClN4O3. The Hall–Kier alpha value is -3.71. The second-order valence-electron chi connectivity index (χ2n) is 7.18. The Kier molecular flexibility index (Phi) is 6.77. The van der Waals surface area contributed by atoms with E-state index < -0.39 is 0 Å². The van der Waals surface area contributed by atoms with Crippen molar-refractivity contribution in [3.8, 4) is 17.4 Å². The summed E-state index contributed by atoms with van der Waals surface area (Å²) in [4.78, 5) is 24.1. The van der Waals surface area contributed by atoms with Gasteiger partial charge < -0.3 is 9.47 Å². The van der Waals surface area contributed by atoms with Crippen molar-refractivity contribution in [1.29, 1.82) is 0 Å². The van der Waals surface area contributed by atoms with Gasteiger partial charge in [-0.05, 0) is 48.4 Å². The van der Waals surface area contributed by atoms with Gasteiger partial charge in [-0.1, -0.05) is 23.7 Å². The molecule has 4 aromatic rings. The lowest BCUT2D eigenvalue weighted by Crippen LogP contribution is -2.23. The van der Waals surface area contributed by atoms with Crippen LogP contribution in [0.1, 0.15) is 16.7 Å². The highest BCUT2D eigenvalue weighted by Gasteiger charge is 2.04. The summed E-state index contributed by atoms with van der Waals surface area (Å²) in [5.74, 6) is 1.78. The zero-order valence-corrected chi connectivity index (χ0v) is 18.2. The maximum Gasteiger partial charge on any atom is 0.351 e.